The van der Waals surface area contributed by atoms with Crippen LogP contribution in [0.5, 0.6) is 0 Å². The number of hydrogen-bond donors (Lipinski definition) is 1. The molecule has 168 valence electrons. The van der Waals surface area contributed by atoms with Gasteiger partial charge < -0.3 is 28.8 Å². The Kier molecular flexibility index (Phi) is 15.2. The van der Waals surface area contributed by atoms with Crippen molar-refractivity contribution in [3.8, 4) is 0 Å². The largest absolute Gasteiger partial charge is 0.394 e. The average molecular weight is 405 g/mol. The Balaban J connectivity index is 2.94. The number of ether oxygens (including phenoxy) is 5. The highest BCUT2D eigenvalue weighted by Gasteiger charge is 2.48. The molecule has 1 rings (SSSR count). The second-order valence-corrected chi connectivity index (χ2v) is 7.52. The van der Waals surface area contributed by atoms with Gasteiger partial charge in [-0.1, -0.05) is 53.4 Å². The molecule has 0 aliphatic carbocycles. The molecule has 0 radical (unpaired) electrons. The van der Waals surface area contributed by atoms with Crippen LogP contribution in [0.25, 0.3) is 0 Å². The van der Waals surface area contributed by atoms with Crippen molar-refractivity contribution in [3.63, 3.8) is 0 Å². The predicted octanol–water partition coefficient (Wildman–Crippen LogP) is 4.08. The summed E-state index contributed by atoms with van der Waals surface area (Å²) in [6.45, 7) is 10.9. The van der Waals surface area contributed by atoms with Crippen LogP contribution in [0.1, 0.15) is 79.1 Å². The fourth-order valence-electron chi connectivity index (χ4n) is 3.16. The standard InChI is InChI=1S/C22H44O6/c1-5-9-13-24-19-18(17-23)28-22(27-16-12-8-4)21(26-15-11-7-3)20(19)25-14-10-6-2/h18-23H,5-17H2,1-4H3/t18?,19-,20?,21?,22?/m0/s1. The zero-order valence-corrected chi connectivity index (χ0v) is 18.6. The third-order valence-corrected chi connectivity index (χ3v) is 4.98. The van der Waals surface area contributed by atoms with Crippen molar-refractivity contribution in [2.24, 2.45) is 0 Å². The second-order valence-electron chi connectivity index (χ2n) is 7.52. The Morgan fingerprint density at radius 2 is 1.04 bits per heavy atom. The van der Waals surface area contributed by atoms with Crippen molar-refractivity contribution < 1.29 is 28.8 Å². The first-order valence-corrected chi connectivity index (χ1v) is 11.5. The minimum absolute atomic E-state index is 0.125. The Labute approximate surface area is 172 Å². The van der Waals surface area contributed by atoms with E-state index in [1.807, 2.05) is 0 Å². The Bertz CT molecular complexity index is 354. The third-order valence-electron chi connectivity index (χ3n) is 4.98. The van der Waals surface area contributed by atoms with Crippen LogP contribution in [0, 0.1) is 0 Å². The van der Waals surface area contributed by atoms with E-state index >= 15 is 0 Å². The van der Waals surface area contributed by atoms with Crippen molar-refractivity contribution in [3.05, 3.63) is 0 Å². The lowest BCUT2D eigenvalue weighted by molar-refractivity contribution is -0.322. The van der Waals surface area contributed by atoms with Gasteiger partial charge in [-0.3, -0.25) is 0 Å². The summed E-state index contributed by atoms with van der Waals surface area (Å²) in [6.07, 6.45) is 6.08. The van der Waals surface area contributed by atoms with Crippen LogP contribution in [0.3, 0.4) is 0 Å². The fraction of sp³-hybridized carbons (Fsp3) is 1.00. The Hall–Kier alpha value is -0.240. The van der Waals surface area contributed by atoms with Crippen LogP contribution < -0.4 is 0 Å². The highest BCUT2D eigenvalue weighted by molar-refractivity contribution is 4.93. The maximum absolute atomic E-state index is 9.94. The molecule has 0 aromatic heterocycles. The summed E-state index contributed by atoms with van der Waals surface area (Å²) in [5.74, 6) is 0. The van der Waals surface area contributed by atoms with Gasteiger partial charge in [0, 0.05) is 26.4 Å². The lowest BCUT2D eigenvalue weighted by Crippen LogP contribution is -2.62. The van der Waals surface area contributed by atoms with E-state index in [-0.39, 0.29) is 24.9 Å². The molecule has 1 N–H and O–H groups in total. The molecular formula is C22H44O6. The molecule has 0 amide bonds. The van der Waals surface area contributed by atoms with Crippen molar-refractivity contribution in [2.75, 3.05) is 33.0 Å². The van der Waals surface area contributed by atoms with Gasteiger partial charge in [0.1, 0.15) is 24.4 Å². The van der Waals surface area contributed by atoms with E-state index in [0.29, 0.717) is 26.4 Å². The van der Waals surface area contributed by atoms with Crippen molar-refractivity contribution >= 4 is 0 Å². The first kappa shape index (κ1) is 25.8. The molecular weight excluding hydrogens is 360 g/mol. The summed E-state index contributed by atoms with van der Waals surface area (Å²) in [5.41, 5.74) is 0. The van der Waals surface area contributed by atoms with Crippen LogP contribution in [0.2, 0.25) is 0 Å². The van der Waals surface area contributed by atoms with Crippen LogP contribution in [-0.4, -0.2) is 68.8 Å². The summed E-state index contributed by atoms with van der Waals surface area (Å²) in [6, 6.07) is 0. The monoisotopic (exact) mass is 404 g/mol. The lowest BCUT2D eigenvalue weighted by atomic mass is 9.98. The Morgan fingerprint density at radius 1 is 0.607 bits per heavy atom. The summed E-state index contributed by atoms with van der Waals surface area (Å²) < 4.78 is 30.7. The number of rotatable bonds is 17. The van der Waals surface area contributed by atoms with Gasteiger partial charge in [0.25, 0.3) is 0 Å². The first-order chi connectivity index (χ1) is 13.7. The van der Waals surface area contributed by atoms with E-state index in [1.165, 1.54) is 0 Å². The smallest absolute Gasteiger partial charge is 0.186 e. The molecule has 0 saturated carbocycles. The van der Waals surface area contributed by atoms with Gasteiger partial charge in [0.05, 0.1) is 6.61 Å². The van der Waals surface area contributed by atoms with E-state index in [4.69, 9.17) is 23.7 Å². The number of hydrogen-bond acceptors (Lipinski definition) is 6. The minimum atomic E-state index is -0.543. The van der Waals surface area contributed by atoms with Crippen molar-refractivity contribution in [1.82, 2.24) is 0 Å². The molecule has 6 heteroatoms. The molecule has 28 heavy (non-hydrogen) atoms. The maximum atomic E-state index is 9.94. The van der Waals surface area contributed by atoms with Crippen LogP contribution in [0.4, 0.5) is 0 Å². The predicted molar refractivity (Wildman–Crippen MR) is 111 cm³/mol. The molecule has 5 atom stereocenters. The van der Waals surface area contributed by atoms with Gasteiger partial charge in [-0.25, -0.2) is 0 Å². The van der Waals surface area contributed by atoms with Gasteiger partial charge in [-0.15, -0.1) is 0 Å². The lowest BCUT2D eigenvalue weighted by Gasteiger charge is -2.45. The SMILES string of the molecule is CCCCOC1OC(CO)[C@H](OCCCC)C(OCCCC)C1OCCCC. The van der Waals surface area contributed by atoms with Crippen LogP contribution >= 0.6 is 0 Å². The van der Waals surface area contributed by atoms with E-state index in [1.54, 1.807) is 0 Å². The molecule has 1 aliphatic rings. The molecule has 4 unspecified atom stereocenters. The highest BCUT2D eigenvalue weighted by atomic mass is 16.7. The number of unbranched alkanes of at least 4 members (excludes halogenated alkanes) is 4. The molecule has 1 fully saturated rings. The van der Waals surface area contributed by atoms with Crippen molar-refractivity contribution in [1.29, 1.82) is 0 Å². The molecule has 0 bridgehead atoms. The quantitative estimate of drug-likeness (QED) is 0.369. The van der Waals surface area contributed by atoms with Gasteiger partial charge in [0.2, 0.25) is 0 Å². The minimum Gasteiger partial charge on any atom is -0.394 e. The third kappa shape index (κ3) is 9.06. The molecule has 0 spiro atoms. The molecule has 0 aromatic carbocycles. The van der Waals surface area contributed by atoms with Gasteiger partial charge in [0.15, 0.2) is 6.29 Å². The van der Waals surface area contributed by atoms with Gasteiger partial charge in [-0.05, 0) is 25.7 Å². The van der Waals surface area contributed by atoms with Crippen LogP contribution in [0.15, 0.2) is 0 Å². The van der Waals surface area contributed by atoms with E-state index in [0.717, 1.165) is 51.4 Å². The summed E-state index contributed by atoms with van der Waals surface area (Å²) in [5, 5.41) is 9.94. The van der Waals surface area contributed by atoms with Crippen molar-refractivity contribution in [2.45, 2.75) is 110 Å². The first-order valence-electron chi connectivity index (χ1n) is 11.5. The van der Waals surface area contributed by atoms with Crippen LogP contribution in [-0.2, 0) is 23.7 Å². The molecule has 0 aromatic rings. The summed E-state index contributed by atoms with van der Waals surface area (Å²) in [4.78, 5) is 0. The fourth-order valence-corrected chi connectivity index (χ4v) is 3.16. The van der Waals surface area contributed by atoms with E-state index < -0.39 is 12.4 Å². The highest BCUT2D eigenvalue weighted by Crippen LogP contribution is 2.29. The second kappa shape index (κ2) is 16.5. The van der Waals surface area contributed by atoms with E-state index in [2.05, 4.69) is 27.7 Å². The average Bonchev–Trinajstić information content (AvgIpc) is 2.70. The Morgan fingerprint density at radius 3 is 1.50 bits per heavy atom. The number of aliphatic hydroxyl groups excluding tert-OH is 1. The zero-order valence-electron chi connectivity index (χ0n) is 18.6. The van der Waals surface area contributed by atoms with Gasteiger partial charge in [-0.2, -0.15) is 0 Å². The van der Waals surface area contributed by atoms with Gasteiger partial charge >= 0.3 is 0 Å². The molecule has 1 aliphatic heterocycles. The normalized spacial score (nSPS) is 28.0. The zero-order chi connectivity index (χ0) is 20.6. The maximum Gasteiger partial charge on any atom is 0.186 e. The molecule has 1 saturated heterocycles. The summed E-state index contributed by atoms with van der Waals surface area (Å²) >= 11 is 0. The van der Waals surface area contributed by atoms with E-state index in [9.17, 15) is 5.11 Å². The number of aliphatic hydroxyl groups is 1. The molecule has 1 heterocycles. The molecule has 6 nitrogen and oxygen atoms in total. The summed E-state index contributed by atoms with van der Waals surface area (Å²) in [7, 11) is 0. The topological polar surface area (TPSA) is 66.4 Å².